The van der Waals surface area contributed by atoms with Crippen LogP contribution in [0.2, 0.25) is 0 Å². The fourth-order valence-electron chi connectivity index (χ4n) is 3.25. The number of phosphoric acid groups is 3. The number of anilines is 1. The zero-order chi connectivity index (χ0) is 26.6. The van der Waals surface area contributed by atoms with E-state index in [1.807, 2.05) is 0 Å². The number of rotatable bonds is 9. The second-order valence-corrected chi connectivity index (χ2v) is 11.5. The number of imidazole rings is 1. The summed E-state index contributed by atoms with van der Waals surface area (Å²) in [5.41, 5.74) is 0.661. The number of H-pyrrole nitrogens is 1. The van der Waals surface area contributed by atoms with Gasteiger partial charge in [0.1, 0.15) is 18.9 Å². The smallest absolute Gasteiger partial charge is 0.387 e. The van der Waals surface area contributed by atoms with Gasteiger partial charge in [-0.3, -0.25) is 18.9 Å². The average Bonchev–Trinajstić information content (AvgIpc) is 3.18. The van der Waals surface area contributed by atoms with Gasteiger partial charge < -0.3 is 35.2 Å². The Balaban J connectivity index is 1.88. The monoisotopic (exact) mass is 571 g/mol. The van der Waals surface area contributed by atoms with Crippen LogP contribution in [-0.2, 0) is 31.6 Å². The van der Waals surface area contributed by atoms with Gasteiger partial charge in [0.2, 0.25) is 11.6 Å². The van der Waals surface area contributed by atoms with Crippen LogP contribution in [0.5, 0.6) is 0 Å². The molecular formula is C12H18F2N5O13P3. The molecule has 2 aromatic heterocycles. The fourth-order valence-corrected chi connectivity index (χ4v) is 6.45. The Hall–Kier alpha value is -1.66. The lowest BCUT2D eigenvalue weighted by atomic mass is 9.95. The van der Waals surface area contributed by atoms with Gasteiger partial charge in [0.05, 0.1) is 12.4 Å². The second-order valence-electron chi connectivity index (χ2n) is 7.14. The molecule has 0 saturated carbocycles. The van der Waals surface area contributed by atoms with Gasteiger partial charge in [0, 0.05) is 0 Å². The lowest BCUT2D eigenvalue weighted by molar-refractivity contribution is -0.0819. The minimum atomic E-state index is -5.86. The van der Waals surface area contributed by atoms with Crippen LogP contribution in [0.25, 0.3) is 11.2 Å². The van der Waals surface area contributed by atoms with E-state index in [9.17, 15) is 37.8 Å². The lowest BCUT2D eigenvalue weighted by Gasteiger charge is -2.26. The third kappa shape index (κ3) is 5.85. The van der Waals surface area contributed by atoms with E-state index < -0.39 is 71.9 Å². The molecule has 0 amide bonds. The van der Waals surface area contributed by atoms with Gasteiger partial charge in [-0.1, -0.05) is 0 Å². The third-order valence-corrected chi connectivity index (χ3v) is 8.51. The van der Waals surface area contributed by atoms with E-state index in [1.165, 1.54) is 0 Å². The molecule has 0 spiro atoms. The maximum atomic E-state index is 15.5. The molecule has 23 heteroatoms. The molecule has 35 heavy (non-hydrogen) atoms. The van der Waals surface area contributed by atoms with Crippen molar-refractivity contribution in [1.82, 2.24) is 19.5 Å². The quantitative estimate of drug-likeness (QED) is 0.184. The van der Waals surface area contributed by atoms with Crippen molar-refractivity contribution < 1.29 is 65.0 Å². The summed E-state index contributed by atoms with van der Waals surface area (Å²) in [4.78, 5) is 57.5. The number of nitrogens with two attached hydrogens (primary N) is 1. The molecule has 1 aliphatic rings. The SMILES string of the molecule is C[C@@H](OP(=O)(O)OP(=O)(O)OP(=O)(O)O)[C@H]1O[C@@H](n2cnc3c(=O)[nH]c(N)nc32)C(F)(CF)[C@H]1O. The normalized spacial score (nSPS) is 29.7. The molecule has 1 aliphatic heterocycles. The van der Waals surface area contributed by atoms with Gasteiger partial charge in [-0.2, -0.15) is 13.6 Å². The molecule has 0 radical (unpaired) electrons. The molecular weight excluding hydrogens is 553 g/mol. The first-order valence-electron chi connectivity index (χ1n) is 9.02. The molecule has 1 saturated heterocycles. The number of fused-ring (bicyclic) bond motifs is 1. The van der Waals surface area contributed by atoms with Gasteiger partial charge in [-0.25, -0.2) is 27.5 Å². The Bertz CT molecular complexity index is 1320. The molecule has 8 N–H and O–H groups in total. The number of halogens is 2. The fraction of sp³-hybridized carbons (Fsp3) is 0.583. The second kappa shape index (κ2) is 9.33. The zero-order valence-electron chi connectivity index (χ0n) is 17.1. The number of alkyl halides is 2. The molecule has 1 fully saturated rings. The highest BCUT2D eigenvalue weighted by Gasteiger charge is 2.61. The minimum Gasteiger partial charge on any atom is -0.387 e. The van der Waals surface area contributed by atoms with Gasteiger partial charge in [0.25, 0.3) is 5.56 Å². The number of hydrogen-bond acceptors (Lipinski definition) is 12. The molecule has 18 nitrogen and oxygen atoms in total. The Labute approximate surface area is 192 Å². The van der Waals surface area contributed by atoms with E-state index in [2.05, 4.69) is 28.1 Å². The van der Waals surface area contributed by atoms with Crippen LogP contribution in [0, 0.1) is 0 Å². The summed E-state index contributed by atoms with van der Waals surface area (Å²) in [5.74, 6) is -0.412. The van der Waals surface area contributed by atoms with Crippen molar-refractivity contribution in [2.45, 2.75) is 37.1 Å². The van der Waals surface area contributed by atoms with Gasteiger partial charge in [-0.05, 0) is 6.92 Å². The van der Waals surface area contributed by atoms with Crippen molar-refractivity contribution in [3.8, 4) is 0 Å². The number of aliphatic hydroxyl groups is 1. The number of aromatic nitrogens is 4. The highest BCUT2D eigenvalue weighted by Crippen LogP contribution is 2.66. The predicted molar refractivity (Wildman–Crippen MR) is 107 cm³/mol. The van der Waals surface area contributed by atoms with Crippen molar-refractivity contribution in [3.63, 3.8) is 0 Å². The molecule has 3 rings (SSSR count). The third-order valence-electron chi connectivity index (χ3n) is 4.59. The van der Waals surface area contributed by atoms with E-state index in [-0.39, 0.29) is 11.2 Å². The average molecular weight is 571 g/mol. The number of aliphatic hydroxyl groups excluding tert-OH is 1. The Morgan fingerprint density at radius 2 is 1.91 bits per heavy atom. The van der Waals surface area contributed by atoms with Crippen LogP contribution < -0.4 is 11.3 Å². The van der Waals surface area contributed by atoms with E-state index in [1.54, 1.807) is 0 Å². The molecule has 7 atom stereocenters. The summed E-state index contributed by atoms with van der Waals surface area (Å²) < 4.78 is 81.2. The molecule has 0 bridgehead atoms. The number of ether oxygens (including phenoxy) is 1. The molecule has 2 aromatic rings. The van der Waals surface area contributed by atoms with Gasteiger partial charge in [0.15, 0.2) is 17.4 Å². The molecule has 0 aromatic carbocycles. The van der Waals surface area contributed by atoms with Crippen molar-refractivity contribution in [3.05, 3.63) is 16.7 Å². The summed E-state index contributed by atoms with van der Waals surface area (Å²) in [6.07, 6.45) is -7.49. The van der Waals surface area contributed by atoms with Crippen molar-refractivity contribution >= 4 is 40.6 Å². The van der Waals surface area contributed by atoms with E-state index in [0.29, 0.717) is 0 Å². The first kappa shape index (κ1) is 27.9. The number of phosphoric ester groups is 1. The van der Waals surface area contributed by atoms with Crippen LogP contribution in [0.4, 0.5) is 14.7 Å². The highest BCUT2D eigenvalue weighted by molar-refractivity contribution is 7.66. The largest absolute Gasteiger partial charge is 0.490 e. The number of aromatic amines is 1. The molecule has 0 aliphatic carbocycles. The van der Waals surface area contributed by atoms with Crippen LogP contribution >= 0.6 is 23.5 Å². The maximum absolute atomic E-state index is 15.5. The minimum absolute atomic E-state index is 0.344. The topological polar surface area (TPSA) is 279 Å². The summed E-state index contributed by atoms with van der Waals surface area (Å²) in [5, 5.41) is 10.4. The van der Waals surface area contributed by atoms with Crippen molar-refractivity contribution in [1.29, 1.82) is 0 Å². The van der Waals surface area contributed by atoms with Gasteiger partial charge in [-0.15, -0.1) is 0 Å². The van der Waals surface area contributed by atoms with E-state index >= 15 is 4.39 Å². The Morgan fingerprint density at radius 3 is 2.49 bits per heavy atom. The van der Waals surface area contributed by atoms with Gasteiger partial charge >= 0.3 is 23.5 Å². The van der Waals surface area contributed by atoms with Crippen molar-refractivity contribution in [2.24, 2.45) is 0 Å². The first-order valence-corrected chi connectivity index (χ1v) is 13.5. The highest BCUT2D eigenvalue weighted by atomic mass is 31.3. The standard InChI is InChI=1S/C12H18F2N5O13P3/c1-4(30-34(25,26)32-35(27,28)31-33(22,23)24)6-7(20)12(14,2-13)10(29-6)19-3-16-5-8(19)17-11(15)18-9(5)21/h3-4,6-7,10,20H,2H2,1H3,(H,25,26)(H,27,28)(H2,22,23,24)(H3,15,17,18,21)/t4-,6-,7+,10-,12?/m1/s1. The summed E-state index contributed by atoms with van der Waals surface area (Å²) in [6, 6.07) is 0. The zero-order valence-corrected chi connectivity index (χ0v) is 19.8. The Kier molecular flexibility index (Phi) is 7.44. The van der Waals surface area contributed by atoms with E-state index in [0.717, 1.165) is 17.8 Å². The molecule has 3 heterocycles. The number of nitrogens with zero attached hydrogens (tertiary/aromatic N) is 3. The van der Waals surface area contributed by atoms with E-state index in [4.69, 9.17) is 20.3 Å². The molecule has 3 unspecified atom stereocenters. The van der Waals surface area contributed by atoms with Crippen LogP contribution in [0.15, 0.2) is 11.1 Å². The predicted octanol–water partition coefficient (Wildman–Crippen LogP) is -0.630. The summed E-state index contributed by atoms with van der Waals surface area (Å²) in [7, 11) is -17.2. The van der Waals surface area contributed by atoms with Crippen molar-refractivity contribution in [2.75, 3.05) is 12.4 Å². The van der Waals surface area contributed by atoms with Crippen LogP contribution in [0.3, 0.4) is 0 Å². The number of hydrogen-bond donors (Lipinski definition) is 7. The summed E-state index contributed by atoms with van der Waals surface area (Å²) in [6.45, 7) is -0.990. The lowest BCUT2D eigenvalue weighted by Crippen LogP contribution is -2.46. The van der Waals surface area contributed by atoms with Crippen LogP contribution in [0.1, 0.15) is 13.2 Å². The number of nitrogens with one attached hydrogen (secondary N) is 1. The summed E-state index contributed by atoms with van der Waals surface area (Å²) >= 11 is 0. The van der Waals surface area contributed by atoms with Crippen LogP contribution in [-0.4, -0.2) is 74.9 Å². The first-order chi connectivity index (χ1) is 15.9. The maximum Gasteiger partial charge on any atom is 0.490 e. The Morgan fingerprint density at radius 1 is 1.29 bits per heavy atom. The molecule has 198 valence electrons. The number of nitrogen functional groups attached to an aromatic ring is 1.